The molecule has 0 spiro atoms. The molecule has 0 bridgehead atoms. The third kappa shape index (κ3) is 3.17. The molecule has 0 saturated carbocycles. The van der Waals surface area contributed by atoms with Gasteiger partial charge in [0.1, 0.15) is 0 Å². The molecule has 3 aliphatic heterocycles. The normalized spacial score (nSPS) is 8.74. The Balaban J connectivity index is 0.000000597. The summed E-state index contributed by atoms with van der Waals surface area (Å²) in [7, 11) is 4.06. The van der Waals surface area contributed by atoms with Crippen molar-refractivity contribution in [3.63, 3.8) is 0 Å². The Labute approximate surface area is 125 Å². The van der Waals surface area contributed by atoms with Gasteiger partial charge in [0.2, 0.25) is 0 Å². The molecule has 0 fully saturated rings. The van der Waals surface area contributed by atoms with E-state index in [9.17, 15) is 0 Å². The summed E-state index contributed by atoms with van der Waals surface area (Å²) in [5, 5.41) is 12.5. The zero-order chi connectivity index (χ0) is 13.7. The van der Waals surface area contributed by atoms with Gasteiger partial charge in [-0.3, -0.25) is 0 Å². The monoisotopic (exact) mass is 433 g/mol. The zero-order valence-corrected chi connectivity index (χ0v) is 12.9. The fraction of sp³-hybridized carbons (Fsp3) is 0.167. The minimum atomic E-state index is 0. The molecule has 0 aromatic carbocycles. The predicted octanol–water partition coefficient (Wildman–Crippen LogP) is 1.57. The quantitative estimate of drug-likeness (QED) is 0.506. The van der Waals surface area contributed by atoms with Crippen LogP contribution in [0.5, 0.6) is 0 Å². The van der Waals surface area contributed by atoms with Crippen molar-refractivity contribution in [2.45, 2.75) is 0 Å². The first-order valence-corrected chi connectivity index (χ1v) is 5.03. The summed E-state index contributed by atoms with van der Waals surface area (Å²) in [6.07, 6.45) is 8.31. The number of fused-ring (bicyclic) bond motifs is 3. The van der Waals surface area contributed by atoms with Crippen LogP contribution in [0.1, 0.15) is 0 Å². The number of hydrogen-bond donors (Lipinski definition) is 0. The van der Waals surface area contributed by atoms with Crippen LogP contribution >= 0.6 is 0 Å². The van der Waals surface area contributed by atoms with Gasteiger partial charge in [-0.15, -0.1) is 24.5 Å². The molecule has 3 aliphatic rings. The summed E-state index contributed by atoms with van der Waals surface area (Å²) >= 11 is 0. The molecule has 1 radical (unpaired) electrons. The predicted molar refractivity (Wildman–Crippen MR) is 64.2 cm³/mol. The van der Waals surface area contributed by atoms with Crippen LogP contribution in [0.4, 0.5) is 0 Å². The molecule has 0 amide bonds. The number of imidazole rings is 2. The molecule has 19 heavy (non-hydrogen) atoms. The molecule has 0 unspecified atom stereocenters. The maximum atomic E-state index is 6.25. The van der Waals surface area contributed by atoms with Gasteiger partial charge in [-0.25, -0.2) is 0 Å². The zero-order valence-electron chi connectivity index (χ0n) is 10.5. The molecule has 7 heteroatoms. The molecule has 0 aromatic heterocycles. The summed E-state index contributed by atoms with van der Waals surface area (Å²) in [6.45, 7) is 9.50. The fourth-order valence-electron chi connectivity index (χ4n) is 1.85. The van der Waals surface area contributed by atoms with E-state index >= 15 is 0 Å². The Morgan fingerprint density at radius 3 is 1.47 bits per heavy atom. The van der Waals surface area contributed by atoms with Crippen molar-refractivity contribution in [1.29, 1.82) is 10.5 Å². The van der Waals surface area contributed by atoms with Gasteiger partial charge in [0, 0.05) is 20.1 Å². The average Bonchev–Trinajstić information content (AvgIpc) is 2.95. The van der Waals surface area contributed by atoms with Crippen LogP contribution in [-0.4, -0.2) is 18.5 Å². The molecule has 6 nitrogen and oxygen atoms in total. The van der Waals surface area contributed by atoms with Gasteiger partial charge in [0.05, 0.1) is 0 Å². The second-order valence-corrected chi connectivity index (χ2v) is 3.69. The van der Waals surface area contributed by atoms with Gasteiger partial charge in [0.15, 0.2) is 0 Å². The van der Waals surface area contributed by atoms with Crippen LogP contribution in [0.3, 0.4) is 0 Å². The van der Waals surface area contributed by atoms with E-state index in [0.717, 1.165) is 0 Å². The van der Waals surface area contributed by atoms with Crippen LogP contribution in [0.15, 0.2) is 37.2 Å². The molecule has 0 atom stereocenters. The number of hydrogen-bond acceptors (Lipinski definition) is 2. The number of nitrogens with zero attached hydrogens (tertiary/aromatic N) is 6. The molecule has 3 heterocycles. The molecule has 0 aliphatic carbocycles. The van der Waals surface area contributed by atoms with Crippen molar-refractivity contribution >= 4 is 0 Å². The number of aryl methyl sites for hydroxylation is 2. The maximum Gasteiger partial charge on any atom is 0 e. The summed E-state index contributed by atoms with van der Waals surface area (Å²) < 4.78 is 8.34. The summed E-state index contributed by atoms with van der Waals surface area (Å²) in [5.74, 6) is 0. The SMILES string of the molecule is Cn1cc2ccc3cn(C)[cH-]n-3n-2[cH-]1.[C-]#N.[C-]#N.[Ir]. The van der Waals surface area contributed by atoms with E-state index in [4.69, 9.17) is 23.7 Å². The van der Waals surface area contributed by atoms with Gasteiger partial charge in [-0.2, -0.15) is 0 Å². The standard InChI is InChI=1S/C10H12N4.2CN.Ir/c1-11-5-9-3-4-10-6-12(2)8-14(10)13(9)7-11;2*1-2;/h3-8H,1-2H3;;;/q-2;2*-1;. The van der Waals surface area contributed by atoms with E-state index in [1.54, 1.807) is 0 Å². The van der Waals surface area contributed by atoms with Crippen molar-refractivity contribution in [3.8, 4) is 11.4 Å². The first-order chi connectivity index (χ1) is 8.74. The first kappa shape index (κ1) is 16.8. The van der Waals surface area contributed by atoms with Crippen LogP contribution in [0.2, 0.25) is 0 Å². The summed E-state index contributed by atoms with van der Waals surface area (Å²) in [5.41, 5.74) is 2.38. The molecule has 103 valence electrons. The van der Waals surface area contributed by atoms with Crippen LogP contribution in [0.25, 0.3) is 11.4 Å². The summed E-state index contributed by atoms with van der Waals surface area (Å²) in [6, 6.07) is 4.24. The van der Waals surface area contributed by atoms with Gasteiger partial charge < -0.3 is 42.2 Å². The van der Waals surface area contributed by atoms with E-state index in [0.29, 0.717) is 0 Å². The molecular formula is C12H12IrN6-4. The Bertz CT molecular complexity index is 565. The molecule has 0 aromatic rings. The van der Waals surface area contributed by atoms with Crippen LogP contribution in [0, 0.1) is 23.7 Å². The third-order valence-corrected chi connectivity index (χ3v) is 2.44. The minimum absolute atomic E-state index is 0. The van der Waals surface area contributed by atoms with E-state index in [1.165, 1.54) is 11.4 Å². The minimum Gasteiger partial charge on any atom is -0.512 e. The molecule has 0 saturated heterocycles. The van der Waals surface area contributed by atoms with Crippen LogP contribution < -0.4 is 0 Å². The Morgan fingerprint density at radius 2 is 1.16 bits per heavy atom. The molecular weight excluding hydrogens is 420 g/mol. The molecule has 3 rings (SSSR count). The summed E-state index contributed by atoms with van der Waals surface area (Å²) in [4.78, 5) is 0. The van der Waals surface area contributed by atoms with Crippen molar-refractivity contribution in [3.05, 3.63) is 50.3 Å². The van der Waals surface area contributed by atoms with Crippen molar-refractivity contribution in [1.82, 2.24) is 18.5 Å². The Kier molecular flexibility index (Phi) is 6.43. The van der Waals surface area contributed by atoms with Gasteiger partial charge in [-0.05, 0) is 26.7 Å². The second-order valence-electron chi connectivity index (χ2n) is 3.69. The van der Waals surface area contributed by atoms with Gasteiger partial charge in [0.25, 0.3) is 0 Å². The maximum absolute atomic E-state index is 6.25. The smallest absolute Gasteiger partial charge is 0 e. The largest absolute Gasteiger partial charge is 0.512 e. The number of rotatable bonds is 0. The second kappa shape index (κ2) is 7.27. The Morgan fingerprint density at radius 1 is 0.842 bits per heavy atom. The van der Waals surface area contributed by atoms with E-state index in [1.807, 2.05) is 14.1 Å². The Hall–Kier alpha value is -2.21. The van der Waals surface area contributed by atoms with Crippen molar-refractivity contribution in [2.24, 2.45) is 14.1 Å². The topological polar surface area (TPSA) is 67.3 Å². The van der Waals surface area contributed by atoms with E-state index < -0.39 is 0 Å². The third-order valence-electron chi connectivity index (χ3n) is 2.44. The first-order valence-electron chi connectivity index (χ1n) is 5.03. The van der Waals surface area contributed by atoms with Gasteiger partial charge in [-0.1, -0.05) is 11.4 Å². The van der Waals surface area contributed by atoms with Gasteiger partial charge >= 0.3 is 0 Å². The molecule has 0 N–H and O–H groups in total. The van der Waals surface area contributed by atoms with Crippen molar-refractivity contribution < 1.29 is 20.1 Å². The fourth-order valence-corrected chi connectivity index (χ4v) is 1.85. The van der Waals surface area contributed by atoms with E-state index in [2.05, 4.69) is 55.7 Å². The number of aromatic nitrogens is 4. The van der Waals surface area contributed by atoms with E-state index in [-0.39, 0.29) is 20.1 Å². The van der Waals surface area contributed by atoms with Crippen molar-refractivity contribution in [2.75, 3.05) is 0 Å². The van der Waals surface area contributed by atoms with Crippen LogP contribution in [-0.2, 0) is 34.2 Å². The average molecular weight is 432 g/mol.